The Kier molecular flexibility index (Phi) is 8.72. The summed E-state index contributed by atoms with van der Waals surface area (Å²) in [5.41, 5.74) is 8.39. The molecule has 0 aliphatic carbocycles. The molecular formula is C44H38N2O2. The van der Waals surface area contributed by atoms with E-state index in [2.05, 4.69) is 72.4 Å². The van der Waals surface area contributed by atoms with Crippen LogP contribution in [0.4, 0.5) is 11.4 Å². The molecular weight excluding hydrogens is 588 g/mol. The molecule has 4 heteroatoms. The van der Waals surface area contributed by atoms with E-state index >= 15 is 0 Å². The second kappa shape index (κ2) is 13.5. The second-order valence-electron chi connectivity index (χ2n) is 12.5. The van der Waals surface area contributed by atoms with E-state index in [1.807, 2.05) is 121 Å². The molecule has 0 spiro atoms. The Morgan fingerprint density at radius 1 is 0.396 bits per heavy atom. The van der Waals surface area contributed by atoms with Crippen molar-refractivity contribution in [3.8, 4) is 0 Å². The van der Waals surface area contributed by atoms with E-state index in [9.17, 15) is 9.59 Å². The first kappa shape index (κ1) is 30.9. The number of para-hydroxylation sites is 2. The molecule has 0 N–H and O–H groups in total. The average Bonchev–Trinajstić information content (AvgIpc) is 3.63. The molecule has 0 fully saturated rings. The van der Waals surface area contributed by atoms with E-state index in [0.717, 1.165) is 33.6 Å². The van der Waals surface area contributed by atoms with Crippen molar-refractivity contribution < 1.29 is 9.59 Å². The zero-order chi connectivity index (χ0) is 33.0. The highest BCUT2D eigenvalue weighted by atomic mass is 16.1. The molecule has 4 atom stereocenters. The third-order valence-electron chi connectivity index (χ3n) is 9.73. The molecule has 0 saturated heterocycles. The Morgan fingerprint density at radius 3 is 1.04 bits per heavy atom. The predicted molar refractivity (Wildman–Crippen MR) is 195 cm³/mol. The maximum atomic E-state index is 13.3. The maximum absolute atomic E-state index is 13.3. The molecule has 2 aliphatic rings. The molecule has 0 amide bonds. The molecule has 6 aromatic rings. The van der Waals surface area contributed by atoms with Gasteiger partial charge in [0.05, 0.1) is 23.9 Å². The van der Waals surface area contributed by atoms with Gasteiger partial charge >= 0.3 is 0 Å². The van der Waals surface area contributed by atoms with Crippen LogP contribution in [0.2, 0.25) is 0 Å². The van der Waals surface area contributed by atoms with Crippen molar-refractivity contribution in [3.63, 3.8) is 0 Å². The van der Waals surface area contributed by atoms with Gasteiger partial charge < -0.3 is 9.80 Å². The summed E-state index contributed by atoms with van der Waals surface area (Å²) >= 11 is 0. The average molecular weight is 627 g/mol. The Hall–Kier alpha value is -5.74. The highest BCUT2D eigenvalue weighted by molar-refractivity contribution is 6.04. The van der Waals surface area contributed by atoms with Gasteiger partial charge in [0.15, 0.2) is 11.6 Å². The summed E-state index contributed by atoms with van der Waals surface area (Å²) < 4.78 is 0. The van der Waals surface area contributed by atoms with E-state index < -0.39 is 0 Å². The molecule has 0 aromatic heterocycles. The molecule has 0 radical (unpaired) electrons. The van der Waals surface area contributed by atoms with E-state index in [1.54, 1.807) is 0 Å². The lowest BCUT2D eigenvalue weighted by molar-refractivity contribution is 0.0943. The number of hydrogen-bond donors (Lipinski definition) is 0. The zero-order valence-corrected chi connectivity index (χ0v) is 27.2. The first-order valence-corrected chi connectivity index (χ1v) is 16.5. The standard InChI is InChI=1S/2C22H19NO/c2*1-23-19-15-9-8-14-18(19)20(21(23)16-10-4-2-5-11-16)22(24)17-12-6-3-7-13-17/h2*2-15,20-21H,1H3/t2*20-,21+/m00/s1. The minimum absolute atomic E-state index is 0.0244. The number of carbonyl (C=O) groups excluding carboxylic acids is 2. The number of hydrogen-bond acceptors (Lipinski definition) is 4. The van der Waals surface area contributed by atoms with Crippen molar-refractivity contribution in [2.75, 3.05) is 23.9 Å². The fourth-order valence-electron chi connectivity index (χ4n) is 7.50. The normalized spacial score (nSPS) is 19.1. The number of ketones is 2. The number of fused-ring (bicyclic) bond motifs is 2. The van der Waals surface area contributed by atoms with Crippen molar-refractivity contribution in [1.29, 1.82) is 0 Å². The number of nitrogens with zero attached hydrogens (tertiary/aromatic N) is 2. The van der Waals surface area contributed by atoms with Crippen LogP contribution in [0.25, 0.3) is 0 Å². The van der Waals surface area contributed by atoms with Gasteiger partial charge in [-0.25, -0.2) is 0 Å². The molecule has 0 saturated carbocycles. The summed E-state index contributed by atoms with van der Waals surface area (Å²) in [5, 5.41) is 0. The Balaban J connectivity index is 0.000000152. The van der Waals surface area contributed by atoms with Crippen LogP contribution >= 0.6 is 0 Å². The fourth-order valence-corrected chi connectivity index (χ4v) is 7.50. The van der Waals surface area contributed by atoms with Crippen LogP contribution in [-0.2, 0) is 0 Å². The third kappa shape index (κ3) is 5.71. The van der Waals surface area contributed by atoms with Crippen LogP contribution in [-0.4, -0.2) is 25.7 Å². The van der Waals surface area contributed by atoms with Crippen molar-refractivity contribution in [2.45, 2.75) is 23.9 Å². The van der Waals surface area contributed by atoms with Gasteiger partial charge in [0.1, 0.15) is 0 Å². The number of rotatable bonds is 6. The summed E-state index contributed by atoms with van der Waals surface area (Å²) in [4.78, 5) is 31.1. The van der Waals surface area contributed by atoms with Crippen molar-refractivity contribution in [3.05, 3.63) is 203 Å². The van der Waals surface area contributed by atoms with Crippen LogP contribution in [0, 0.1) is 0 Å². The molecule has 2 heterocycles. The van der Waals surface area contributed by atoms with Crippen LogP contribution < -0.4 is 9.80 Å². The Bertz CT molecular complexity index is 1860. The summed E-state index contributed by atoms with van der Waals surface area (Å²) in [6, 6.07) is 56.4. The molecule has 4 nitrogen and oxygen atoms in total. The Morgan fingerprint density at radius 2 is 0.688 bits per heavy atom. The lowest BCUT2D eigenvalue weighted by Crippen LogP contribution is -2.26. The monoisotopic (exact) mass is 626 g/mol. The molecule has 0 bridgehead atoms. The van der Waals surface area contributed by atoms with Gasteiger partial charge in [-0.05, 0) is 34.4 Å². The number of carbonyl (C=O) groups is 2. The molecule has 8 rings (SSSR count). The van der Waals surface area contributed by atoms with Gasteiger partial charge in [0.2, 0.25) is 0 Å². The summed E-state index contributed by atoms with van der Waals surface area (Å²) in [6.07, 6.45) is 0. The third-order valence-corrected chi connectivity index (χ3v) is 9.73. The van der Waals surface area contributed by atoms with Gasteiger partial charge in [-0.3, -0.25) is 9.59 Å². The Labute approximate surface area is 282 Å². The van der Waals surface area contributed by atoms with Crippen molar-refractivity contribution in [1.82, 2.24) is 0 Å². The highest BCUT2D eigenvalue weighted by Crippen LogP contribution is 2.50. The van der Waals surface area contributed by atoms with Crippen molar-refractivity contribution in [2.24, 2.45) is 0 Å². The highest BCUT2D eigenvalue weighted by Gasteiger charge is 2.43. The van der Waals surface area contributed by atoms with Crippen LogP contribution in [0.5, 0.6) is 0 Å². The number of Topliss-reactive ketones (excluding diaryl/α,β-unsaturated/α-hetero) is 2. The van der Waals surface area contributed by atoms with Gasteiger partial charge in [0.25, 0.3) is 0 Å². The molecule has 2 aliphatic heterocycles. The van der Waals surface area contributed by atoms with E-state index in [1.165, 1.54) is 11.1 Å². The van der Waals surface area contributed by atoms with Crippen LogP contribution in [0.15, 0.2) is 170 Å². The van der Waals surface area contributed by atoms with Crippen LogP contribution in [0.1, 0.15) is 66.9 Å². The molecule has 236 valence electrons. The minimum atomic E-state index is -0.184. The zero-order valence-electron chi connectivity index (χ0n) is 27.2. The number of benzene rings is 6. The maximum Gasteiger partial charge on any atom is 0.172 e. The van der Waals surface area contributed by atoms with E-state index in [0.29, 0.717) is 0 Å². The first-order valence-electron chi connectivity index (χ1n) is 16.5. The van der Waals surface area contributed by atoms with Gasteiger partial charge in [-0.15, -0.1) is 0 Å². The second-order valence-corrected chi connectivity index (χ2v) is 12.5. The minimum Gasteiger partial charge on any atom is -0.366 e. The molecule has 0 unspecified atom stereocenters. The van der Waals surface area contributed by atoms with Crippen LogP contribution in [0.3, 0.4) is 0 Å². The largest absolute Gasteiger partial charge is 0.366 e. The topological polar surface area (TPSA) is 40.6 Å². The quantitative estimate of drug-likeness (QED) is 0.173. The fraction of sp³-hybridized carbons (Fsp3) is 0.136. The molecule has 6 aromatic carbocycles. The lowest BCUT2D eigenvalue weighted by Gasteiger charge is -2.27. The van der Waals surface area contributed by atoms with Gasteiger partial charge in [-0.2, -0.15) is 0 Å². The molecule has 48 heavy (non-hydrogen) atoms. The lowest BCUT2D eigenvalue weighted by atomic mass is 9.84. The number of likely N-dealkylation sites (N-methyl/N-ethyl adjacent to an activating group) is 2. The smallest absolute Gasteiger partial charge is 0.172 e. The SMILES string of the molecule is CN1c2ccccc2[C@H](C(=O)c2ccccc2)[C@H]1c1ccccc1.CN1c2ccccc2[C@H](C(=O)c2ccccc2)[C@H]1c1ccccc1. The summed E-state index contributed by atoms with van der Waals surface area (Å²) in [5.74, 6) is -0.00509. The predicted octanol–water partition coefficient (Wildman–Crippen LogP) is 9.69. The summed E-state index contributed by atoms with van der Waals surface area (Å²) in [7, 11) is 4.16. The van der Waals surface area contributed by atoms with E-state index in [-0.39, 0.29) is 35.5 Å². The first-order chi connectivity index (χ1) is 23.5. The van der Waals surface area contributed by atoms with Gasteiger partial charge in [-0.1, -0.05) is 158 Å². The van der Waals surface area contributed by atoms with Gasteiger partial charge in [0, 0.05) is 36.6 Å². The summed E-state index contributed by atoms with van der Waals surface area (Å²) in [6.45, 7) is 0. The number of anilines is 2. The van der Waals surface area contributed by atoms with E-state index in [4.69, 9.17) is 0 Å². The van der Waals surface area contributed by atoms with Crippen molar-refractivity contribution >= 4 is 22.9 Å².